The van der Waals surface area contributed by atoms with Crippen molar-refractivity contribution in [2.45, 2.75) is 51.2 Å². The second kappa shape index (κ2) is 13.5. The normalized spacial score (nSPS) is 12.1. The molecule has 0 bridgehead atoms. The highest BCUT2D eigenvalue weighted by atomic mass is 35.5. The van der Waals surface area contributed by atoms with Crippen LogP contribution in [0, 0.1) is 0 Å². The van der Waals surface area contributed by atoms with Gasteiger partial charge in [-0.3, -0.25) is 13.9 Å². The Morgan fingerprint density at radius 3 is 2.18 bits per heavy atom. The van der Waals surface area contributed by atoms with Gasteiger partial charge < -0.3 is 15.0 Å². The summed E-state index contributed by atoms with van der Waals surface area (Å²) in [4.78, 5) is 28.3. The predicted molar refractivity (Wildman–Crippen MR) is 153 cm³/mol. The smallest absolute Gasteiger partial charge is 0.264 e. The van der Waals surface area contributed by atoms with Gasteiger partial charge in [-0.1, -0.05) is 60.1 Å². The fourth-order valence-electron chi connectivity index (χ4n) is 3.97. The lowest BCUT2D eigenvalue weighted by molar-refractivity contribution is -0.139. The van der Waals surface area contributed by atoms with E-state index in [0.717, 1.165) is 4.31 Å². The lowest BCUT2D eigenvalue weighted by Crippen LogP contribution is -2.52. The van der Waals surface area contributed by atoms with E-state index in [1.54, 1.807) is 80.6 Å². The average molecular weight is 572 g/mol. The monoisotopic (exact) mass is 571 g/mol. The van der Waals surface area contributed by atoms with Crippen LogP contribution < -0.4 is 14.4 Å². The van der Waals surface area contributed by atoms with E-state index >= 15 is 0 Å². The minimum absolute atomic E-state index is 0.0114. The molecule has 0 aliphatic heterocycles. The minimum Gasteiger partial charge on any atom is -0.492 e. The molecule has 3 aromatic carbocycles. The number of anilines is 1. The van der Waals surface area contributed by atoms with E-state index in [-0.39, 0.29) is 29.1 Å². The molecule has 8 nitrogen and oxygen atoms in total. The summed E-state index contributed by atoms with van der Waals surface area (Å²) in [5.41, 5.74) is 0.845. The Balaban J connectivity index is 2.08. The first-order chi connectivity index (χ1) is 18.6. The summed E-state index contributed by atoms with van der Waals surface area (Å²) in [6.07, 6.45) is 0. The van der Waals surface area contributed by atoms with Gasteiger partial charge in [-0.25, -0.2) is 8.42 Å². The topological polar surface area (TPSA) is 96.0 Å². The molecule has 2 amide bonds. The van der Waals surface area contributed by atoms with Crippen molar-refractivity contribution in [3.63, 3.8) is 0 Å². The van der Waals surface area contributed by atoms with Crippen molar-refractivity contribution in [1.82, 2.24) is 10.2 Å². The molecule has 10 heteroatoms. The molecule has 1 N–H and O–H groups in total. The molecule has 0 fully saturated rings. The van der Waals surface area contributed by atoms with E-state index < -0.39 is 28.5 Å². The predicted octanol–water partition coefficient (Wildman–Crippen LogP) is 4.88. The maximum Gasteiger partial charge on any atom is 0.264 e. The van der Waals surface area contributed by atoms with E-state index in [9.17, 15) is 18.0 Å². The third-order valence-electron chi connectivity index (χ3n) is 5.94. The molecular formula is C29H34ClN3O5S. The summed E-state index contributed by atoms with van der Waals surface area (Å²) in [5, 5.41) is 3.26. The lowest BCUT2D eigenvalue weighted by atomic mass is 10.1. The third-order valence-corrected chi connectivity index (χ3v) is 8.08. The van der Waals surface area contributed by atoms with Gasteiger partial charge in [0.15, 0.2) is 0 Å². The number of carbonyl (C=O) groups is 2. The van der Waals surface area contributed by atoms with Gasteiger partial charge in [0.1, 0.15) is 18.3 Å². The molecular weight excluding hydrogens is 538 g/mol. The first-order valence-corrected chi connectivity index (χ1v) is 14.5. The van der Waals surface area contributed by atoms with Gasteiger partial charge in [-0.2, -0.15) is 0 Å². The number of carbonyl (C=O) groups excluding carboxylic acids is 2. The molecule has 3 rings (SSSR count). The number of rotatable bonds is 12. The van der Waals surface area contributed by atoms with Crippen LogP contribution >= 0.6 is 11.6 Å². The second-order valence-corrected chi connectivity index (χ2v) is 11.4. The second-order valence-electron chi connectivity index (χ2n) is 9.18. The van der Waals surface area contributed by atoms with Crippen molar-refractivity contribution >= 4 is 39.1 Å². The quantitative estimate of drug-likeness (QED) is 0.334. The minimum atomic E-state index is -4.19. The molecule has 0 aliphatic rings. The molecule has 0 saturated carbocycles. The van der Waals surface area contributed by atoms with Crippen molar-refractivity contribution in [2.75, 3.05) is 17.5 Å². The maximum absolute atomic E-state index is 14.0. The summed E-state index contributed by atoms with van der Waals surface area (Å²) in [5.74, 6) is -0.625. The first-order valence-electron chi connectivity index (χ1n) is 12.7. The van der Waals surface area contributed by atoms with E-state index in [1.807, 2.05) is 13.8 Å². The zero-order valence-corrected chi connectivity index (χ0v) is 24.1. The van der Waals surface area contributed by atoms with E-state index in [4.69, 9.17) is 16.3 Å². The highest BCUT2D eigenvalue weighted by molar-refractivity contribution is 7.92. The van der Waals surface area contributed by atoms with Gasteiger partial charge in [0.2, 0.25) is 11.8 Å². The van der Waals surface area contributed by atoms with Gasteiger partial charge in [-0.15, -0.1) is 0 Å². The van der Waals surface area contributed by atoms with Gasteiger partial charge in [-0.05, 0) is 63.6 Å². The van der Waals surface area contributed by atoms with E-state index in [0.29, 0.717) is 22.9 Å². The van der Waals surface area contributed by atoms with Crippen LogP contribution in [-0.2, 0) is 26.2 Å². The molecule has 1 atom stereocenters. The molecule has 0 heterocycles. The van der Waals surface area contributed by atoms with Crippen LogP contribution in [0.4, 0.5) is 5.69 Å². The van der Waals surface area contributed by atoms with Gasteiger partial charge >= 0.3 is 0 Å². The fourth-order valence-corrected chi connectivity index (χ4v) is 5.61. The molecule has 0 aromatic heterocycles. The van der Waals surface area contributed by atoms with Crippen LogP contribution in [0.5, 0.6) is 5.75 Å². The Kier molecular flexibility index (Phi) is 10.4. The number of hydrogen-bond acceptors (Lipinski definition) is 5. The van der Waals surface area contributed by atoms with Crippen LogP contribution in [-0.4, -0.2) is 50.4 Å². The Labute approximate surface area is 235 Å². The third kappa shape index (κ3) is 7.52. The number of halogens is 1. The molecule has 0 spiro atoms. The van der Waals surface area contributed by atoms with Crippen molar-refractivity contribution in [1.29, 1.82) is 0 Å². The van der Waals surface area contributed by atoms with Gasteiger partial charge in [0.05, 0.1) is 17.2 Å². The van der Waals surface area contributed by atoms with Gasteiger partial charge in [0, 0.05) is 17.6 Å². The Morgan fingerprint density at radius 2 is 1.54 bits per heavy atom. The molecule has 0 radical (unpaired) electrons. The summed E-state index contributed by atoms with van der Waals surface area (Å²) < 4.78 is 34.6. The molecule has 39 heavy (non-hydrogen) atoms. The standard InChI is InChI=1S/C29H34ClN3O5S/c1-5-38-27-18-12-11-17-26(27)33(39(36,37)24-14-7-6-8-15-24)20-28(34)32(22(4)29(35)31-21(2)3)19-23-13-9-10-16-25(23)30/h6-18,21-22H,5,19-20H2,1-4H3,(H,31,35). The van der Waals surface area contributed by atoms with E-state index in [1.165, 1.54) is 17.0 Å². The SMILES string of the molecule is CCOc1ccccc1N(CC(=O)N(Cc1ccccc1Cl)C(C)C(=O)NC(C)C)S(=O)(=O)c1ccccc1. The number of amides is 2. The molecule has 208 valence electrons. The Hall–Kier alpha value is -3.56. The van der Waals surface area contributed by atoms with Crippen molar-refractivity contribution in [2.24, 2.45) is 0 Å². The summed E-state index contributed by atoms with van der Waals surface area (Å²) in [6.45, 7) is 6.79. The Morgan fingerprint density at radius 1 is 0.923 bits per heavy atom. The van der Waals surface area contributed by atoms with Gasteiger partial charge in [0.25, 0.3) is 10.0 Å². The maximum atomic E-state index is 14.0. The number of hydrogen-bond donors (Lipinski definition) is 1. The highest BCUT2D eigenvalue weighted by Crippen LogP contribution is 2.33. The van der Waals surface area contributed by atoms with Crippen molar-refractivity contribution in [3.8, 4) is 5.75 Å². The van der Waals surface area contributed by atoms with Crippen molar-refractivity contribution in [3.05, 3.63) is 89.4 Å². The van der Waals surface area contributed by atoms with Crippen LogP contribution in [0.15, 0.2) is 83.8 Å². The molecule has 3 aromatic rings. The molecule has 0 aliphatic carbocycles. The number of sulfonamides is 1. The van der Waals surface area contributed by atoms with Crippen LogP contribution in [0.1, 0.15) is 33.3 Å². The van der Waals surface area contributed by atoms with Crippen LogP contribution in [0.3, 0.4) is 0 Å². The Bertz CT molecular complexity index is 1380. The van der Waals surface area contributed by atoms with E-state index in [2.05, 4.69) is 5.32 Å². The lowest BCUT2D eigenvalue weighted by Gasteiger charge is -2.32. The summed E-state index contributed by atoms with van der Waals surface area (Å²) in [6, 6.07) is 20.5. The molecule has 0 saturated heterocycles. The van der Waals surface area contributed by atoms with Crippen LogP contribution in [0.25, 0.3) is 0 Å². The number of nitrogens with zero attached hydrogens (tertiary/aromatic N) is 2. The zero-order valence-electron chi connectivity index (χ0n) is 22.5. The van der Waals surface area contributed by atoms with Crippen LogP contribution in [0.2, 0.25) is 5.02 Å². The summed E-state index contributed by atoms with van der Waals surface area (Å²) in [7, 11) is -4.19. The molecule has 1 unspecified atom stereocenters. The number of para-hydroxylation sites is 2. The number of ether oxygens (including phenoxy) is 1. The average Bonchev–Trinajstić information content (AvgIpc) is 2.91. The highest BCUT2D eigenvalue weighted by Gasteiger charge is 2.34. The fraction of sp³-hybridized carbons (Fsp3) is 0.310. The first kappa shape index (κ1) is 30.0. The number of nitrogens with one attached hydrogen (secondary N) is 1. The zero-order chi connectivity index (χ0) is 28.6. The summed E-state index contributed by atoms with van der Waals surface area (Å²) >= 11 is 6.39. The largest absolute Gasteiger partial charge is 0.492 e. The van der Waals surface area contributed by atoms with Crippen molar-refractivity contribution < 1.29 is 22.7 Å². The number of benzene rings is 3.